The SMILES string of the molecule is O=C(c1ccc(-c2ccc3c(c2)ncn3-c2ccc(OCCO)cc2)nc1)N1CCOCC1. The molecule has 8 heteroatoms. The van der Waals surface area contributed by atoms with Crippen molar-refractivity contribution in [1.29, 1.82) is 0 Å². The molecule has 2 aromatic carbocycles. The summed E-state index contributed by atoms with van der Waals surface area (Å²) >= 11 is 0. The lowest BCUT2D eigenvalue weighted by molar-refractivity contribution is 0.0302. The lowest BCUT2D eigenvalue weighted by Gasteiger charge is -2.26. The van der Waals surface area contributed by atoms with Crippen LogP contribution in [0.25, 0.3) is 28.0 Å². The second-order valence-electron chi connectivity index (χ2n) is 7.72. The molecule has 2 aromatic heterocycles. The third-order valence-corrected chi connectivity index (χ3v) is 5.63. The monoisotopic (exact) mass is 444 g/mol. The van der Waals surface area contributed by atoms with E-state index in [9.17, 15) is 4.79 Å². The van der Waals surface area contributed by atoms with E-state index < -0.39 is 0 Å². The van der Waals surface area contributed by atoms with Crippen molar-refractivity contribution < 1.29 is 19.4 Å². The number of morpholine rings is 1. The van der Waals surface area contributed by atoms with Gasteiger partial charge in [0, 0.05) is 30.5 Å². The molecule has 0 unspecified atom stereocenters. The molecule has 0 atom stereocenters. The number of carbonyl (C=O) groups excluding carboxylic acids is 1. The van der Waals surface area contributed by atoms with Crippen molar-refractivity contribution in [1.82, 2.24) is 19.4 Å². The Morgan fingerprint density at radius 2 is 1.85 bits per heavy atom. The van der Waals surface area contributed by atoms with Crippen LogP contribution in [0, 0.1) is 0 Å². The maximum absolute atomic E-state index is 12.6. The van der Waals surface area contributed by atoms with Gasteiger partial charge < -0.3 is 19.5 Å². The number of benzene rings is 2. The van der Waals surface area contributed by atoms with Gasteiger partial charge in [0.15, 0.2) is 0 Å². The summed E-state index contributed by atoms with van der Waals surface area (Å²) in [5, 5.41) is 8.88. The number of amides is 1. The van der Waals surface area contributed by atoms with Crippen molar-refractivity contribution in [3.05, 3.63) is 72.7 Å². The summed E-state index contributed by atoms with van der Waals surface area (Å²) in [6.45, 7) is 2.62. The number of rotatable bonds is 6. The highest BCUT2D eigenvalue weighted by molar-refractivity contribution is 5.94. The largest absolute Gasteiger partial charge is 0.491 e. The van der Waals surface area contributed by atoms with Gasteiger partial charge >= 0.3 is 0 Å². The molecule has 1 saturated heterocycles. The van der Waals surface area contributed by atoms with Gasteiger partial charge in [0.25, 0.3) is 5.91 Å². The van der Waals surface area contributed by atoms with Gasteiger partial charge in [-0.15, -0.1) is 0 Å². The van der Waals surface area contributed by atoms with E-state index >= 15 is 0 Å². The molecule has 1 aliphatic rings. The summed E-state index contributed by atoms with van der Waals surface area (Å²) in [4.78, 5) is 23.5. The number of imidazole rings is 1. The number of hydrogen-bond acceptors (Lipinski definition) is 6. The maximum atomic E-state index is 12.6. The Kier molecular flexibility index (Phi) is 6.01. The third kappa shape index (κ3) is 4.44. The normalized spacial score (nSPS) is 13.9. The molecule has 168 valence electrons. The van der Waals surface area contributed by atoms with Crippen LogP contribution >= 0.6 is 0 Å². The Bertz CT molecular complexity index is 1250. The van der Waals surface area contributed by atoms with Gasteiger partial charge in [0.05, 0.1) is 42.1 Å². The molecule has 1 amide bonds. The molecule has 8 nitrogen and oxygen atoms in total. The lowest BCUT2D eigenvalue weighted by atomic mass is 10.1. The van der Waals surface area contributed by atoms with Crippen molar-refractivity contribution in [2.24, 2.45) is 0 Å². The molecule has 0 bridgehead atoms. The number of aromatic nitrogens is 3. The zero-order valence-corrected chi connectivity index (χ0v) is 18.1. The third-order valence-electron chi connectivity index (χ3n) is 5.63. The van der Waals surface area contributed by atoms with Crippen LogP contribution in [-0.2, 0) is 4.74 Å². The number of fused-ring (bicyclic) bond motifs is 1. The minimum absolute atomic E-state index is 0.0145. The van der Waals surface area contributed by atoms with Gasteiger partial charge in [-0.25, -0.2) is 4.98 Å². The Hall–Kier alpha value is -3.75. The molecular weight excluding hydrogens is 420 g/mol. The Balaban J connectivity index is 1.35. The molecule has 0 radical (unpaired) electrons. The van der Waals surface area contributed by atoms with Gasteiger partial charge in [0.1, 0.15) is 18.7 Å². The fraction of sp³-hybridized carbons (Fsp3) is 0.240. The Labute approximate surface area is 191 Å². The molecule has 0 aliphatic carbocycles. The van der Waals surface area contributed by atoms with Crippen LogP contribution in [0.1, 0.15) is 10.4 Å². The molecule has 3 heterocycles. The molecule has 5 rings (SSSR count). The fourth-order valence-electron chi connectivity index (χ4n) is 3.88. The second kappa shape index (κ2) is 9.40. The zero-order chi connectivity index (χ0) is 22.6. The quantitative estimate of drug-likeness (QED) is 0.492. The van der Waals surface area contributed by atoms with Gasteiger partial charge in [-0.2, -0.15) is 0 Å². The summed E-state index contributed by atoms with van der Waals surface area (Å²) in [7, 11) is 0. The second-order valence-corrected chi connectivity index (χ2v) is 7.72. The fourth-order valence-corrected chi connectivity index (χ4v) is 3.88. The van der Waals surface area contributed by atoms with E-state index in [1.54, 1.807) is 17.4 Å². The smallest absolute Gasteiger partial charge is 0.255 e. The van der Waals surface area contributed by atoms with Crippen LogP contribution in [0.4, 0.5) is 0 Å². The maximum Gasteiger partial charge on any atom is 0.255 e. The summed E-state index contributed by atoms with van der Waals surface area (Å²) in [5.74, 6) is 0.695. The van der Waals surface area contributed by atoms with Gasteiger partial charge in [-0.05, 0) is 48.5 Å². The van der Waals surface area contributed by atoms with Gasteiger partial charge in [-0.1, -0.05) is 6.07 Å². The van der Waals surface area contributed by atoms with E-state index in [0.29, 0.717) is 37.6 Å². The van der Waals surface area contributed by atoms with E-state index in [2.05, 4.69) is 9.97 Å². The Morgan fingerprint density at radius 3 is 2.58 bits per heavy atom. The molecule has 33 heavy (non-hydrogen) atoms. The van der Waals surface area contributed by atoms with Crippen LogP contribution in [0.2, 0.25) is 0 Å². The van der Waals surface area contributed by atoms with E-state index in [1.807, 2.05) is 59.2 Å². The van der Waals surface area contributed by atoms with E-state index in [-0.39, 0.29) is 19.1 Å². The molecule has 0 saturated carbocycles. The number of aliphatic hydroxyl groups is 1. The first-order chi connectivity index (χ1) is 16.2. The summed E-state index contributed by atoms with van der Waals surface area (Å²) in [6.07, 6.45) is 3.42. The van der Waals surface area contributed by atoms with Crippen LogP contribution in [0.15, 0.2) is 67.1 Å². The molecule has 1 N–H and O–H groups in total. The topological polar surface area (TPSA) is 89.7 Å². The highest BCUT2D eigenvalue weighted by Crippen LogP contribution is 2.25. The predicted octanol–water partition coefficient (Wildman–Crippen LogP) is 2.93. The van der Waals surface area contributed by atoms with E-state index in [4.69, 9.17) is 14.6 Å². The average molecular weight is 444 g/mol. The number of pyridine rings is 1. The van der Waals surface area contributed by atoms with Crippen LogP contribution in [0.3, 0.4) is 0 Å². The van der Waals surface area contributed by atoms with Crippen LogP contribution < -0.4 is 4.74 Å². The summed E-state index contributed by atoms with van der Waals surface area (Å²) < 4.78 is 12.7. The lowest BCUT2D eigenvalue weighted by Crippen LogP contribution is -2.40. The van der Waals surface area contributed by atoms with Crippen molar-refractivity contribution in [3.63, 3.8) is 0 Å². The number of hydrogen-bond donors (Lipinski definition) is 1. The highest BCUT2D eigenvalue weighted by atomic mass is 16.5. The molecule has 0 spiro atoms. The Morgan fingerprint density at radius 1 is 1.03 bits per heavy atom. The predicted molar refractivity (Wildman–Crippen MR) is 124 cm³/mol. The summed E-state index contributed by atoms with van der Waals surface area (Å²) in [5.41, 5.74) is 5.09. The first-order valence-electron chi connectivity index (χ1n) is 10.9. The van der Waals surface area contributed by atoms with Gasteiger partial charge in [0.2, 0.25) is 0 Å². The minimum atomic E-state index is -0.0159. The minimum Gasteiger partial charge on any atom is -0.491 e. The number of nitrogens with zero attached hydrogens (tertiary/aromatic N) is 4. The highest BCUT2D eigenvalue weighted by Gasteiger charge is 2.19. The number of ether oxygens (including phenoxy) is 2. The zero-order valence-electron chi connectivity index (χ0n) is 18.1. The number of aliphatic hydroxyl groups excluding tert-OH is 1. The van der Waals surface area contributed by atoms with Crippen molar-refractivity contribution in [2.75, 3.05) is 39.5 Å². The standard InChI is InChI=1S/C25H24N4O4/c30-11-14-33-21-5-3-20(4-6-21)29-17-27-23-15-18(2-8-24(23)29)22-7-1-19(16-26-22)25(31)28-9-12-32-13-10-28/h1-8,15-17,30H,9-14H2. The number of carbonyl (C=O) groups is 1. The van der Waals surface area contributed by atoms with Crippen molar-refractivity contribution in [2.45, 2.75) is 0 Å². The van der Waals surface area contributed by atoms with Crippen molar-refractivity contribution >= 4 is 16.9 Å². The molecule has 4 aromatic rings. The van der Waals surface area contributed by atoms with Gasteiger partial charge in [-0.3, -0.25) is 14.3 Å². The molecule has 1 aliphatic heterocycles. The van der Waals surface area contributed by atoms with Crippen LogP contribution in [-0.4, -0.2) is 70.0 Å². The van der Waals surface area contributed by atoms with Crippen LogP contribution in [0.5, 0.6) is 5.75 Å². The molecular formula is C25H24N4O4. The molecule has 1 fully saturated rings. The van der Waals surface area contributed by atoms with E-state index in [0.717, 1.165) is 28.0 Å². The van der Waals surface area contributed by atoms with E-state index in [1.165, 1.54) is 0 Å². The first kappa shape index (κ1) is 21.1. The average Bonchev–Trinajstić information content (AvgIpc) is 3.31. The first-order valence-corrected chi connectivity index (χ1v) is 10.9. The van der Waals surface area contributed by atoms with Crippen molar-refractivity contribution in [3.8, 4) is 22.7 Å². The summed E-state index contributed by atoms with van der Waals surface area (Å²) in [6, 6.07) is 17.4.